The highest BCUT2D eigenvalue weighted by Crippen LogP contribution is 2.39. The average molecular weight is 261 g/mol. The Morgan fingerprint density at radius 2 is 1.95 bits per heavy atom. The van der Waals surface area contributed by atoms with Crippen LogP contribution in [0.15, 0.2) is 24.3 Å². The van der Waals surface area contributed by atoms with Crippen LogP contribution in [-0.4, -0.2) is 18.9 Å². The van der Waals surface area contributed by atoms with Crippen molar-refractivity contribution in [1.29, 1.82) is 0 Å². The van der Waals surface area contributed by atoms with Gasteiger partial charge in [0.2, 0.25) is 11.8 Å². The Morgan fingerprint density at radius 1 is 1.26 bits per heavy atom. The van der Waals surface area contributed by atoms with E-state index in [9.17, 15) is 9.59 Å². The van der Waals surface area contributed by atoms with E-state index in [0.29, 0.717) is 6.42 Å². The number of carbonyl (C=O) groups excluding carboxylic acids is 2. The topological polar surface area (TPSA) is 55.4 Å². The van der Waals surface area contributed by atoms with Gasteiger partial charge in [-0.15, -0.1) is 0 Å². The highest BCUT2D eigenvalue weighted by atomic mass is 16.5. The lowest BCUT2D eigenvalue weighted by molar-refractivity contribution is -0.138. The summed E-state index contributed by atoms with van der Waals surface area (Å²) in [7, 11) is 1.61. The molecule has 1 saturated heterocycles. The van der Waals surface area contributed by atoms with Gasteiger partial charge in [-0.1, -0.05) is 32.0 Å². The first kappa shape index (κ1) is 13.6. The zero-order chi connectivity index (χ0) is 14.0. The molecule has 1 aliphatic rings. The number of hydrogen-bond acceptors (Lipinski definition) is 3. The van der Waals surface area contributed by atoms with Crippen LogP contribution in [-0.2, 0) is 9.59 Å². The minimum atomic E-state index is -0.210. The zero-order valence-electron chi connectivity index (χ0n) is 11.5. The van der Waals surface area contributed by atoms with Crippen molar-refractivity contribution in [2.75, 3.05) is 7.11 Å². The lowest BCUT2D eigenvalue weighted by Gasteiger charge is -2.33. The van der Waals surface area contributed by atoms with Crippen molar-refractivity contribution in [3.8, 4) is 5.75 Å². The van der Waals surface area contributed by atoms with Crippen LogP contribution < -0.4 is 10.1 Å². The summed E-state index contributed by atoms with van der Waals surface area (Å²) in [4.78, 5) is 23.7. The second-order valence-electron chi connectivity index (χ2n) is 5.23. The smallest absolute Gasteiger partial charge is 0.230 e. The molecule has 1 aromatic rings. The summed E-state index contributed by atoms with van der Waals surface area (Å²) >= 11 is 0. The van der Waals surface area contributed by atoms with Crippen LogP contribution in [0.2, 0.25) is 0 Å². The molecule has 0 bridgehead atoms. The molecule has 0 aliphatic carbocycles. The van der Waals surface area contributed by atoms with Crippen LogP contribution >= 0.6 is 0 Å². The molecule has 0 spiro atoms. The molecular formula is C15H19NO3. The summed E-state index contributed by atoms with van der Waals surface area (Å²) in [5.41, 5.74) is 0.937. The van der Waals surface area contributed by atoms with Crippen LogP contribution in [0.5, 0.6) is 5.75 Å². The number of imide groups is 1. The lowest BCUT2D eigenvalue weighted by Crippen LogP contribution is -2.46. The first-order chi connectivity index (χ1) is 9.04. The van der Waals surface area contributed by atoms with E-state index in [1.54, 1.807) is 7.11 Å². The van der Waals surface area contributed by atoms with Crippen molar-refractivity contribution in [2.24, 2.45) is 11.8 Å². The average Bonchev–Trinajstić information content (AvgIpc) is 2.37. The van der Waals surface area contributed by atoms with Crippen LogP contribution in [0.4, 0.5) is 0 Å². The van der Waals surface area contributed by atoms with Crippen molar-refractivity contribution in [3.05, 3.63) is 29.8 Å². The third kappa shape index (κ3) is 2.62. The predicted molar refractivity (Wildman–Crippen MR) is 71.8 cm³/mol. The van der Waals surface area contributed by atoms with Crippen LogP contribution in [0.3, 0.4) is 0 Å². The first-order valence-corrected chi connectivity index (χ1v) is 6.51. The molecule has 2 atom stereocenters. The number of ether oxygens (including phenoxy) is 1. The molecule has 19 heavy (non-hydrogen) atoms. The molecule has 0 radical (unpaired) electrons. The minimum Gasteiger partial charge on any atom is -0.496 e. The van der Waals surface area contributed by atoms with E-state index < -0.39 is 0 Å². The van der Waals surface area contributed by atoms with Gasteiger partial charge in [0.25, 0.3) is 0 Å². The van der Waals surface area contributed by atoms with E-state index in [1.165, 1.54) is 0 Å². The Labute approximate surface area is 113 Å². The highest BCUT2D eigenvalue weighted by molar-refractivity contribution is 6.00. The normalized spacial score (nSPS) is 23.4. The third-order valence-electron chi connectivity index (χ3n) is 3.66. The molecule has 4 nitrogen and oxygen atoms in total. The van der Waals surface area contributed by atoms with Gasteiger partial charge in [0.05, 0.1) is 7.11 Å². The van der Waals surface area contributed by atoms with Crippen molar-refractivity contribution < 1.29 is 14.3 Å². The molecule has 2 amide bonds. The van der Waals surface area contributed by atoms with E-state index in [0.717, 1.165) is 11.3 Å². The van der Waals surface area contributed by atoms with Gasteiger partial charge < -0.3 is 4.74 Å². The monoisotopic (exact) mass is 261 g/mol. The largest absolute Gasteiger partial charge is 0.496 e. The number of benzene rings is 1. The maximum atomic E-state index is 12.1. The summed E-state index contributed by atoms with van der Waals surface area (Å²) < 4.78 is 5.35. The van der Waals surface area contributed by atoms with E-state index in [-0.39, 0.29) is 29.6 Å². The lowest BCUT2D eigenvalue weighted by atomic mass is 9.74. The molecule has 0 saturated carbocycles. The van der Waals surface area contributed by atoms with Crippen molar-refractivity contribution in [1.82, 2.24) is 5.32 Å². The molecule has 102 valence electrons. The molecule has 1 N–H and O–H groups in total. The van der Waals surface area contributed by atoms with Gasteiger partial charge in [0.1, 0.15) is 5.75 Å². The number of nitrogens with one attached hydrogen (secondary N) is 1. The summed E-state index contributed by atoms with van der Waals surface area (Å²) in [6, 6.07) is 7.60. The Hall–Kier alpha value is -1.84. The number of carbonyl (C=O) groups is 2. The molecule has 1 aliphatic heterocycles. The fraction of sp³-hybridized carbons (Fsp3) is 0.467. The van der Waals surface area contributed by atoms with Crippen molar-refractivity contribution in [2.45, 2.75) is 26.2 Å². The van der Waals surface area contributed by atoms with Crippen LogP contribution in [0.25, 0.3) is 0 Å². The van der Waals surface area contributed by atoms with Gasteiger partial charge in [-0.25, -0.2) is 0 Å². The Kier molecular flexibility index (Phi) is 3.88. The summed E-state index contributed by atoms with van der Waals surface area (Å²) in [5, 5.41) is 2.43. The van der Waals surface area contributed by atoms with Crippen LogP contribution in [0.1, 0.15) is 31.7 Å². The number of rotatable bonds is 3. The van der Waals surface area contributed by atoms with Crippen LogP contribution in [0, 0.1) is 11.8 Å². The van der Waals surface area contributed by atoms with Crippen molar-refractivity contribution >= 4 is 11.8 Å². The Morgan fingerprint density at radius 3 is 2.58 bits per heavy atom. The molecule has 4 heteroatoms. The molecule has 1 fully saturated rings. The molecular weight excluding hydrogens is 242 g/mol. The Balaban J connectivity index is 2.43. The van der Waals surface area contributed by atoms with Gasteiger partial charge in [0, 0.05) is 18.3 Å². The number of amides is 2. The molecule has 0 aromatic heterocycles. The van der Waals surface area contributed by atoms with Gasteiger partial charge in [-0.2, -0.15) is 0 Å². The van der Waals surface area contributed by atoms with E-state index in [2.05, 4.69) is 5.32 Å². The number of hydrogen-bond donors (Lipinski definition) is 1. The predicted octanol–water partition coefficient (Wildman–Crippen LogP) is 2.10. The maximum Gasteiger partial charge on any atom is 0.230 e. The standard InChI is InChI=1S/C15H19NO3/c1-9(2)14-11(8-13(17)16-15(14)18)10-6-4-5-7-12(10)19-3/h4-7,9,11,14H,8H2,1-3H3,(H,16,17,18). The second kappa shape index (κ2) is 5.43. The van der Waals surface area contributed by atoms with E-state index in [1.807, 2.05) is 38.1 Å². The van der Waals surface area contributed by atoms with Gasteiger partial charge in [-0.05, 0) is 17.5 Å². The first-order valence-electron chi connectivity index (χ1n) is 6.51. The highest BCUT2D eigenvalue weighted by Gasteiger charge is 2.39. The number of methoxy groups -OCH3 is 1. The quantitative estimate of drug-likeness (QED) is 0.848. The fourth-order valence-corrected chi connectivity index (χ4v) is 2.82. The summed E-state index contributed by atoms with van der Waals surface area (Å²) in [6.07, 6.45) is 0.328. The molecule has 1 aromatic carbocycles. The van der Waals surface area contributed by atoms with Gasteiger partial charge in [0.15, 0.2) is 0 Å². The fourth-order valence-electron chi connectivity index (χ4n) is 2.82. The third-order valence-corrected chi connectivity index (χ3v) is 3.66. The number of para-hydroxylation sites is 1. The minimum absolute atomic E-state index is 0.114. The maximum absolute atomic E-state index is 12.1. The SMILES string of the molecule is COc1ccccc1C1CC(=O)NC(=O)C1C(C)C. The molecule has 2 unspecified atom stereocenters. The number of piperidine rings is 1. The van der Waals surface area contributed by atoms with Gasteiger partial charge >= 0.3 is 0 Å². The molecule has 1 heterocycles. The van der Waals surface area contributed by atoms with E-state index in [4.69, 9.17) is 4.74 Å². The van der Waals surface area contributed by atoms with E-state index >= 15 is 0 Å². The summed E-state index contributed by atoms with van der Waals surface area (Å²) in [6.45, 7) is 4.00. The second-order valence-corrected chi connectivity index (χ2v) is 5.23. The Bertz CT molecular complexity index is 496. The molecule has 2 rings (SSSR count). The van der Waals surface area contributed by atoms with Crippen molar-refractivity contribution in [3.63, 3.8) is 0 Å². The van der Waals surface area contributed by atoms with Gasteiger partial charge in [-0.3, -0.25) is 14.9 Å². The summed E-state index contributed by atoms with van der Waals surface area (Å²) in [5.74, 6) is 0.204. The zero-order valence-corrected chi connectivity index (χ0v) is 11.5.